The second-order valence-corrected chi connectivity index (χ2v) is 8.96. The van der Waals surface area contributed by atoms with Crippen molar-refractivity contribution in [1.29, 1.82) is 0 Å². The van der Waals surface area contributed by atoms with E-state index in [1.165, 1.54) is 5.00 Å². The van der Waals surface area contributed by atoms with Crippen molar-refractivity contribution in [1.82, 2.24) is 16.0 Å². The maximum atomic E-state index is 12.2. The molecule has 1 aliphatic rings. The van der Waals surface area contributed by atoms with Crippen molar-refractivity contribution in [2.75, 3.05) is 24.5 Å². The van der Waals surface area contributed by atoms with Crippen LogP contribution in [0.5, 0.6) is 0 Å². The third-order valence-corrected chi connectivity index (χ3v) is 6.55. The zero-order valence-corrected chi connectivity index (χ0v) is 22.4. The molecule has 0 saturated carbocycles. The Morgan fingerprint density at radius 2 is 1.91 bits per heavy atom. The molecule has 0 radical (unpaired) electrons. The Labute approximate surface area is 213 Å². The summed E-state index contributed by atoms with van der Waals surface area (Å²) < 4.78 is 0. The monoisotopic (exact) mass is 569 g/mol. The van der Waals surface area contributed by atoms with Gasteiger partial charge in [-0.05, 0) is 68.3 Å². The average molecular weight is 570 g/mol. The molecule has 1 fully saturated rings. The quantitative estimate of drug-likeness (QED) is 0.247. The molecule has 1 aromatic carbocycles. The lowest BCUT2D eigenvalue weighted by atomic mass is 10.1. The van der Waals surface area contributed by atoms with Gasteiger partial charge in [0.25, 0.3) is 5.91 Å². The molecule has 8 heteroatoms. The summed E-state index contributed by atoms with van der Waals surface area (Å²) in [5.74, 6) is 0.837. The number of anilines is 1. The number of nitrogens with zero attached hydrogens (tertiary/aromatic N) is 2. The molecule has 32 heavy (non-hydrogen) atoms. The van der Waals surface area contributed by atoms with Crippen LogP contribution in [0, 0.1) is 0 Å². The van der Waals surface area contributed by atoms with Crippen LogP contribution in [0.15, 0.2) is 46.8 Å². The van der Waals surface area contributed by atoms with Crippen LogP contribution in [0.1, 0.15) is 56.0 Å². The van der Waals surface area contributed by atoms with Crippen LogP contribution in [0.3, 0.4) is 0 Å². The second-order valence-electron chi connectivity index (χ2n) is 8.03. The van der Waals surface area contributed by atoms with E-state index in [2.05, 4.69) is 52.2 Å². The molecule has 0 aliphatic carbocycles. The molecule has 0 bridgehead atoms. The lowest BCUT2D eigenvalue weighted by molar-refractivity contribution is 0.0939. The normalized spacial score (nSPS) is 15.6. The van der Waals surface area contributed by atoms with Gasteiger partial charge < -0.3 is 20.9 Å². The Morgan fingerprint density at radius 1 is 1.19 bits per heavy atom. The molecule has 1 aliphatic heterocycles. The maximum Gasteiger partial charge on any atom is 0.251 e. The molecule has 2 heterocycles. The third kappa shape index (κ3) is 7.95. The molecular weight excluding hydrogens is 533 g/mol. The van der Waals surface area contributed by atoms with Gasteiger partial charge in [-0.3, -0.25) is 4.79 Å². The third-order valence-electron chi connectivity index (χ3n) is 5.62. The topological polar surface area (TPSA) is 68.8 Å². The number of hydrogen-bond donors (Lipinski definition) is 3. The summed E-state index contributed by atoms with van der Waals surface area (Å²) in [4.78, 5) is 19.5. The highest BCUT2D eigenvalue weighted by Gasteiger charge is 2.20. The number of carbonyl (C=O) groups excluding carboxylic acids is 1. The van der Waals surface area contributed by atoms with Gasteiger partial charge in [-0.1, -0.05) is 19.1 Å². The zero-order valence-electron chi connectivity index (χ0n) is 19.3. The first-order chi connectivity index (χ1) is 15.1. The van der Waals surface area contributed by atoms with Gasteiger partial charge in [-0.25, -0.2) is 4.99 Å². The van der Waals surface area contributed by atoms with E-state index in [1.807, 2.05) is 42.5 Å². The highest BCUT2D eigenvalue weighted by atomic mass is 127. The molecule has 3 N–H and O–H groups in total. The van der Waals surface area contributed by atoms with Crippen LogP contribution in [-0.4, -0.2) is 43.6 Å². The zero-order chi connectivity index (χ0) is 22.1. The average Bonchev–Trinajstić information content (AvgIpc) is 3.33. The summed E-state index contributed by atoms with van der Waals surface area (Å²) in [6.45, 7) is 9.71. The van der Waals surface area contributed by atoms with E-state index in [-0.39, 0.29) is 35.9 Å². The Hall–Kier alpha value is -1.81. The first kappa shape index (κ1) is 26.4. The fraction of sp³-hybridized carbons (Fsp3) is 0.500. The fourth-order valence-electron chi connectivity index (χ4n) is 3.55. The maximum absolute atomic E-state index is 12.2. The summed E-state index contributed by atoms with van der Waals surface area (Å²) in [6, 6.07) is 12.7. The van der Waals surface area contributed by atoms with E-state index in [0.717, 1.165) is 50.4 Å². The minimum atomic E-state index is -0.0201. The summed E-state index contributed by atoms with van der Waals surface area (Å²) in [5, 5.41) is 13.5. The molecule has 1 aromatic heterocycles. The molecular formula is C24H36IN5OS. The lowest BCUT2D eigenvalue weighted by Crippen LogP contribution is -2.48. The molecule has 176 valence electrons. The molecule has 0 spiro atoms. The van der Waals surface area contributed by atoms with Crippen molar-refractivity contribution in [2.45, 2.75) is 58.7 Å². The van der Waals surface area contributed by atoms with Gasteiger partial charge in [0.05, 0.1) is 11.5 Å². The molecule has 1 saturated heterocycles. The van der Waals surface area contributed by atoms with Crippen molar-refractivity contribution in [3.05, 3.63) is 52.9 Å². The van der Waals surface area contributed by atoms with Crippen LogP contribution in [0.25, 0.3) is 0 Å². The number of carbonyl (C=O) groups is 1. The van der Waals surface area contributed by atoms with E-state index >= 15 is 0 Å². The van der Waals surface area contributed by atoms with E-state index in [1.54, 1.807) is 0 Å². The van der Waals surface area contributed by atoms with Crippen LogP contribution >= 0.6 is 35.3 Å². The number of thiophene rings is 1. The van der Waals surface area contributed by atoms with Gasteiger partial charge in [-0.15, -0.1) is 35.3 Å². The van der Waals surface area contributed by atoms with Crippen LogP contribution < -0.4 is 20.9 Å². The number of benzene rings is 1. The van der Waals surface area contributed by atoms with Crippen LogP contribution in [-0.2, 0) is 6.54 Å². The van der Waals surface area contributed by atoms with E-state index < -0.39 is 0 Å². The van der Waals surface area contributed by atoms with Crippen molar-refractivity contribution < 1.29 is 4.79 Å². The Bertz CT molecular complexity index is 833. The van der Waals surface area contributed by atoms with Crippen molar-refractivity contribution in [2.24, 2.45) is 4.99 Å². The van der Waals surface area contributed by atoms with Crippen LogP contribution in [0.4, 0.5) is 5.00 Å². The minimum Gasteiger partial charge on any atom is -0.363 e. The molecule has 1 unspecified atom stereocenters. The number of nitrogens with one attached hydrogen (secondary N) is 3. The number of amides is 1. The largest absolute Gasteiger partial charge is 0.363 e. The molecule has 1 atom stereocenters. The lowest BCUT2D eigenvalue weighted by Gasteiger charge is -2.33. The SMILES string of the molecule is CCNC(=NCc1ccc(C(=O)NC(C)CC)cc1)NC1CCN(c2cccs2)CC1.I. The number of hydrogen-bond acceptors (Lipinski definition) is 4. The summed E-state index contributed by atoms with van der Waals surface area (Å²) in [5.41, 5.74) is 1.78. The first-order valence-electron chi connectivity index (χ1n) is 11.3. The Morgan fingerprint density at radius 3 is 2.50 bits per heavy atom. The summed E-state index contributed by atoms with van der Waals surface area (Å²) in [7, 11) is 0. The van der Waals surface area contributed by atoms with Crippen molar-refractivity contribution in [3.8, 4) is 0 Å². The van der Waals surface area contributed by atoms with E-state index in [4.69, 9.17) is 4.99 Å². The van der Waals surface area contributed by atoms with Gasteiger partial charge in [0.2, 0.25) is 0 Å². The number of rotatable bonds is 8. The fourth-order valence-corrected chi connectivity index (χ4v) is 4.33. The van der Waals surface area contributed by atoms with Crippen molar-refractivity contribution >= 4 is 52.2 Å². The van der Waals surface area contributed by atoms with Gasteiger partial charge in [0.1, 0.15) is 0 Å². The minimum absolute atomic E-state index is 0. The predicted molar refractivity (Wildman–Crippen MR) is 147 cm³/mol. The summed E-state index contributed by atoms with van der Waals surface area (Å²) >= 11 is 1.81. The second kappa shape index (κ2) is 13.7. The van der Waals surface area contributed by atoms with Gasteiger partial charge >= 0.3 is 0 Å². The van der Waals surface area contributed by atoms with E-state index in [0.29, 0.717) is 18.2 Å². The number of halogens is 1. The first-order valence-corrected chi connectivity index (χ1v) is 12.2. The number of guanidine groups is 1. The van der Waals surface area contributed by atoms with Crippen LogP contribution in [0.2, 0.25) is 0 Å². The van der Waals surface area contributed by atoms with Gasteiger partial charge in [-0.2, -0.15) is 0 Å². The van der Waals surface area contributed by atoms with Gasteiger partial charge in [0, 0.05) is 37.3 Å². The molecule has 3 rings (SSSR count). The Balaban J connectivity index is 0.00000363. The molecule has 1 amide bonds. The van der Waals surface area contributed by atoms with Gasteiger partial charge in [0.15, 0.2) is 5.96 Å². The number of aliphatic imine (C=N–C) groups is 1. The smallest absolute Gasteiger partial charge is 0.251 e. The summed E-state index contributed by atoms with van der Waals surface area (Å²) in [6.07, 6.45) is 3.12. The highest BCUT2D eigenvalue weighted by molar-refractivity contribution is 14.0. The molecule has 2 aromatic rings. The number of piperidine rings is 1. The highest BCUT2D eigenvalue weighted by Crippen LogP contribution is 2.24. The predicted octanol–water partition coefficient (Wildman–Crippen LogP) is 4.62. The Kier molecular flexibility index (Phi) is 11.3. The molecule has 6 nitrogen and oxygen atoms in total. The van der Waals surface area contributed by atoms with Crippen molar-refractivity contribution in [3.63, 3.8) is 0 Å². The van der Waals surface area contributed by atoms with E-state index in [9.17, 15) is 4.79 Å². The standard InChI is InChI=1S/C24H35N5OS.HI/c1-4-18(3)27-23(30)20-10-8-19(9-11-20)17-26-24(25-5-2)28-21-12-14-29(15-13-21)22-7-6-16-31-22;/h6-11,16,18,21H,4-5,12-15,17H2,1-3H3,(H,27,30)(H2,25,26,28);1H.